The van der Waals surface area contributed by atoms with E-state index in [-0.39, 0.29) is 17.9 Å². The molecular weight excluding hydrogens is 448 g/mol. The van der Waals surface area contributed by atoms with Crippen LogP contribution in [0.3, 0.4) is 0 Å². The lowest BCUT2D eigenvalue weighted by Gasteiger charge is -2.33. The molecule has 0 unspecified atom stereocenters. The number of imidazole rings is 1. The van der Waals surface area contributed by atoms with E-state index < -0.39 is 12.1 Å². The highest BCUT2D eigenvalue weighted by atomic mass is 79.9. The summed E-state index contributed by atoms with van der Waals surface area (Å²) in [7, 11) is 1.46. The first-order chi connectivity index (χ1) is 14.3. The fraction of sp³-hybridized carbons (Fsp3) is 0.409. The minimum Gasteiger partial charge on any atom is -0.465 e. The van der Waals surface area contributed by atoms with Crippen molar-refractivity contribution < 1.29 is 14.7 Å². The molecule has 0 bridgehead atoms. The standard InChI is InChI=1S/C22H25BrN4O3/c1-12(2)19(26(3)22(29)30)21(28)27-10-4-5-17(27)20-24-16-9-6-13-11-14(23)7-8-15(13)18(16)25-20/h6-9,11-12,17,19H,4-5,10H2,1-3H3,(H,24,25)(H,29,30)/t17-,19-/m0/s1. The second-order valence-corrected chi connectivity index (χ2v) is 9.14. The lowest BCUT2D eigenvalue weighted by Crippen LogP contribution is -2.51. The SMILES string of the molecule is CC(C)[C@@H](C(=O)N1CCC[C@H]1c1nc2c(ccc3cc(Br)ccc32)[nH]1)N(C)C(=O)O. The van der Waals surface area contributed by atoms with Crippen molar-refractivity contribution in [3.05, 3.63) is 40.6 Å². The Bertz CT molecular complexity index is 1130. The first-order valence-electron chi connectivity index (χ1n) is 10.1. The molecule has 1 aliphatic heterocycles. The third-order valence-electron chi connectivity index (χ3n) is 5.90. The molecule has 1 aliphatic rings. The Balaban J connectivity index is 1.71. The van der Waals surface area contributed by atoms with Gasteiger partial charge in [0.05, 0.1) is 17.1 Å². The molecule has 2 aromatic carbocycles. The fourth-order valence-corrected chi connectivity index (χ4v) is 4.83. The Labute approximate surface area is 183 Å². The number of carboxylic acid groups (broad SMARTS) is 1. The minimum absolute atomic E-state index is 0.127. The van der Waals surface area contributed by atoms with Gasteiger partial charge in [-0.2, -0.15) is 0 Å². The predicted molar refractivity (Wildman–Crippen MR) is 119 cm³/mol. The van der Waals surface area contributed by atoms with E-state index in [1.807, 2.05) is 32.0 Å². The molecule has 2 heterocycles. The number of halogens is 1. The number of hydrogen-bond donors (Lipinski definition) is 2. The molecule has 3 aromatic rings. The van der Waals surface area contributed by atoms with Crippen LogP contribution in [-0.2, 0) is 4.79 Å². The van der Waals surface area contributed by atoms with Gasteiger partial charge in [0.1, 0.15) is 11.9 Å². The molecule has 1 saturated heterocycles. The summed E-state index contributed by atoms with van der Waals surface area (Å²) >= 11 is 3.51. The molecular formula is C22H25BrN4O3. The number of H-pyrrole nitrogens is 1. The summed E-state index contributed by atoms with van der Waals surface area (Å²) in [4.78, 5) is 36.1. The number of hydrogen-bond acceptors (Lipinski definition) is 3. The second-order valence-electron chi connectivity index (χ2n) is 8.22. The molecule has 0 spiro atoms. The Hall–Kier alpha value is -2.61. The van der Waals surface area contributed by atoms with Crippen LogP contribution in [0, 0.1) is 5.92 Å². The Morgan fingerprint density at radius 1 is 1.30 bits per heavy atom. The third kappa shape index (κ3) is 3.53. The molecule has 1 fully saturated rings. The van der Waals surface area contributed by atoms with Gasteiger partial charge in [-0.05, 0) is 42.3 Å². The van der Waals surface area contributed by atoms with Crippen LogP contribution in [0.1, 0.15) is 38.6 Å². The van der Waals surface area contributed by atoms with Crippen LogP contribution >= 0.6 is 15.9 Å². The quantitative estimate of drug-likeness (QED) is 0.571. The van der Waals surface area contributed by atoms with Crippen LogP contribution in [0.15, 0.2) is 34.8 Å². The van der Waals surface area contributed by atoms with Gasteiger partial charge in [0.25, 0.3) is 0 Å². The van der Waals surface area contributed by atoms with Crippen molar-refractivity contribution in [1.29, 1.82) is 0 Å². The number of aromatic amines is 1. The summed E-state index contributed by atoms with van der Waals surface area (Å²) in [6.07, 6.45) is 0.568. The third-order valence-corrected chi connectivity index (χ3v) is 6.40. The first-order valence-corrected chi connectivity index (χ1v) is 10.9. The lowest BCUT2D eigenvalue weighted by molar-refractivity contribution is -0.138. The van der Waals surface area contributed by atoms with E-state index in [0.29, 0.717) is 6.54 Å². The van der Waals surface area contributed by atoms with Crippen LogP contribution in [-0.4, -0.2) is 56.5 Å². The molecule has 4 rings (SSSR count). The van der Waals surface area contributed by atoms with Crippen LogP contribution in [0.4, 0.5) is 4.79 Å². The van der Waals surface area contributed by atoms with E-state index in [9.17, 15) is 14.7 Å². The number of rotatable bonds is 4. The summed E-state index contributed by atoms with van der Waals surface area (Å²) in [5.74, 6) is 0.469. The Morgan fingerprint density at radius 3 is 2.77 bits per heavy atom. The molecule has 0 saturated carbocycles. The topological polar surface area (TPSA) is 89.5 Å². The molecule has 158 valence electrons. The van der Waals surface area contributed by atoms with Gasteiger partial charge in [-0.1, -0.05) is 41.9 Å². The van der Waals surface area contributed by atoms with Crippen LogP contribution in [0.2, 0.25) is 0 Å². The van der Waals surface area contributed by atoms with Crippen LogP contribution in [0.5, 0.6) is 0 Å². The zero-order valence-electron chi connectivity index (χ0n) is 17.2. The molecule has 2 atom stereocenters. The largest absolute Gasteiger partial charge is 0.465 e. The fourth-order valence-electron chi connectivity index (χ4n) is 4.45. The van der Waals surface area contributed by atoms with Gasteiger partial charge >= 0.3 is 6.09 Å². The molecule has 1 aromatic heterocycles. The zero-order chi connectivity index (χ0) is 21.6. The molecule has 0 radical (unpaired) electrons. The van der Waals surface area contributed by atoms with E-state index >= 15 is 0 Å². The van der Waals surface area contributed by atoms with Crippen molar-refractivity contribution in [3.63, 3.8) is 0 Å². The number of likely N-dealkylation sites (N-methyl/N-ethyl adjacent to an activating group) is 1. The summed E-state index contributed by atoms with van der Waals surface area (Å²) in [5.41, 5.74) is 1.82. The van der Waals surface area contributed by atoms with E-state index in [1.54, 1.807) is 4.90 Å². The smallest absolute Gasteiger partial charge is 0.407 e. The summed E-state index contributed by atoms with van der Waals surface area (Å²) in [6, 6.07) is 9.26. The molecule has 2 amide bonds. The number of nitrogens with zero attached hydrogens (tertiary/aromatic N) is 3. The average molecular weight is 473 g/mol. The zero-order valence-corrected chi connectivity index (χ0v) is 18.8. The molecule has 7 nitrogen and oxygen atoms in total. The number of benzene rings is 2. The van der Waals surface area contributed by atoms with E-state index in [0.717, 1.165) is 49.8 Å². The van der Waals surface area contributed by atoms with Gasteiger partial charge in [0.15, 0.2) is 0 Å². The number of aromatic nitrogens is 2. The minimum atomic E-state index is -1.10. The van der Waals surface area contributed by atoms with Crippen molar-refractivity contribution in [1.82, 2.24) is 19.8 Å². The van der Waals surface area contributed by atoms with Crippen molar-refractivity contribution in [2.75, 3.05) is 13.6 Å². The highest BCUT2D eigenvalue weighted by molar-refractivity contribution is 9.10. The molecule has 30 heavy (non-hydrogen) atoms. The van der Waals surface area contributed by atoms with E-state index in [2.05, 4.69) is 33.0 Å². The van der Waals surface area contributed by atoms with Crippen molar-refractivity contribution in [2.24, 2.45) is 5.92 Å². The summed E-state index contributed by atoms with van der Waals surface area (Å²) < 4.78 is 1.01. The number of fused-ring (bicyclic) bond motifs is 3. The maximum absolute atomic E-state index is 13.4. The number of amides is 2. The number of likely N-dealkylation sites (tertiary alicyclic amines) is 1. The van der Waals surface area contributed by atoms with Crippen molar-refractivity contribution >= 4 is 49.7 Å². The average Bonchev–Trinajstić information content (AvgIpc) is 3.33. The Morgan fingerprint density at radius 2 is 2.07 bits per heavy atom. The molecule has 8 heteroatoms. The van der Waals surface area contributed by atoms with Gasteiger partial charge in [-0.25, -0.2) is 9.78 Å². The summed E-state index contributed by atoms with van der Waals surface area (Å²) in [6.45, 7) is 4.35. The highest BCUT2D eigenvalue weighted by Gasteiger charge is 2.39. The number of nitrogens with one attached hydrogen (secondary N) is 1. The maximum Gasteiger partial charge on any atom is 0.407 e. The number of carbonyl (C=O) groups excluding carboxylic acids is 1. The van der Waals surface area contributed by atoms with E-state index in [1.165, 1.54) is 7.05 Å². The maximum atomic E-state index is 13.4. The molecule has 2 N–H and O–H groups in total. The summed E-state index contributed by atoms with van der Waals surface area (Å²) in [5, 5.41) is 11.6. The Kier molecular flexibility index (Phi) is 5.44. The van der Waals surface area contributed by atoms with Crippen LogP contribution in [0.25, 0.3) is 21.8 Å². The number of carbonyl (C=O) groups is 2. The predicted octanol–water partition coefficient (Wildman–Crippen LogP) is 4.78. The van der Waals surface area contributed by atoms with Gasteiger partial charge in [-0.15, -0.1) is 0 Å². The van der Waals surface area contributed by atoms with Crippen molar-refractivity contribution in [2.45, 2.75) is 38.8 Å². The lowest BCUT2D eigenvalue weighted by atomic mass is 10.0. The normalized spacial score (nSPS) is 17.8. The second kappa shape index (κ2) is 7.91. The van der Waals surface area contributed by atoms with Crippen LogP contribution < -0.4 is 0 Å². The monoisotopic (exact) mass is 472 g/mol. The van der Waals surface area contributed by atoms with Crippen molar-refractivity contribution in [3.8, 4) is 0 Å². The van der Waals surface area contributed by atoms with Gasteiger partial charge in [0, 0.05) is 23.5 Å². The highest BCUT2D eigenvalue weighted by Crippen LogP contribution is 2.35. The van der Waals surface area contributed by atoms with Gasteiger partial charge < -0.3 is 15.0 Å². The first kappa shape index (κ1) is 20.7. The molecule has 0 aliphatic carbocycles. The van der Waals surface area contributed by atoms with E-state index in [4.69, 9.17) is 4.98 Å². The van der Waals surface area contributed by atoms with Gasteiger partial charge in [-0.3, -0.25) is 9.69 Å². The van der Waals surface area contributed by atoms with Gasteiger partial charge in [0.2, 0.25) is 5.91 Å².